The molecule has 0 fully saturated rings. The number of ketones is 1. The van der Waals surface area contributed by atoms with E-state index < -0.39 is 17.6 Å². The van der Waals surface area contributed by atoms with Crippen molar-refractivity contribution < 1.29 is 14.3 Å². The average molecular weight is 348 g/mol. The number of methoxy groups -OCH3 is 1. The average Bonchev–Trinajstić information content (AvgIpc) is 2.67. The number of hydrogen-bond donors (Lipinski definition) is 1. The molecule has 5 heteroatoms. The number of carbonyl (C=O) groups excluding carboxylic acids is 2. The number of nitrogens with one attached hydrogen (secondary N) is 1. The van der Waals surface area contributed by atoms with Gasteiger partial charge < -0.3 is 10.1 Å². The first-order valence-corrected chi connectivity index (χ1v) is 8.23. The predicted octanol–water partition coefficient (Wildman–Crippen LogP) is 3.84. The molecule has 0 spiro atoms. The molecule has 0 saturated carbocycles. The lowest BCUT2D eigenvalue weighted by atomic mass is 10.0. The lowest BCUT2D eigenvalue weighted by Gasteiger charge is -2.09. The summed E-state index contributed by atoms with van der Waals surface area (Å²) in [4.78, 5) is 24.4. The highest BCUT2D eigenvalue weighted by molar-refractivity contribution is 6.09. The quantitative estimate of drug-likeness (QED) is 0.735. The van der Waals surface area contributed by atoms with Crippen molar-refractivity contribution in [3.8, 4) is 11.8 Å². The molecule has 0 aliphatic rings. The van der Waals surface area contributed by atoms with Crippen molar-refractivity contribution in [3.05, 3.63) is 66.2 Å². The largest absolute Gasteiger partial charge is 0.497 e. The first-order valence-electron chi connectivity index (χ1n) is 8.23. The van der Waals surface area contributed by atoms with Crippen LogP contribution in [0.25, 0.3) is 6.08 Å². The molecule has 5 nitrogen and oxygen atoms in total. The van der Waals surface area contributed by atoms with Gasteiger partial charge in [0.2, 0.25) is 5.91 Å². The van der Waals surface area contributed by atoms with Gasteiger partial charge in [-0.15, -0.1) is 0 Å². The van der Waals surface area contributed by atoms with Crippen molar-refractivity contribution in [2.75, 3.05) is 12.4 Å². The smallest absolute Gasteiger partial charge is 0.249 e. The lowest BCUT2D eigenvalue weighted by molar-refractivity contribution is -0.128. The standard InChI is InChI=1S/C21H20N2O3/c1-26-18-13-11-17(12-14-18)23-21(25)19(15-22)20(24)10-6-5-9-16-7-3-2-4-8-16/h2-5,7-9,11-14,19H,6,10H2,1H3,(H,23,25)/b9-5+/t19-/m0/s1. The predicted molar refractivity (Wildman–Crippen MR) is 100 cm³/mol. The van der Waals surface area contributed by atoms with Gasteiger partial charge in [0.05, 0.1) is 13.2 Å². The summed E-state index contributed by atoms with van der Waals surface area (Å²) in [5, 5.41) is 11.8. The van der Waals surface area contributed by atoms with Crippen molar-refractivity contribution in [2.45, 2.75) is 12.8 Å². The van der Waals surface area contributed by atoms with Gasteiger partial charge in [-0.1, -0.05) is 42.5 Å². The Bertz CT molecular complexity index is 805. The van der Waals surface area contributed by atoms with Crippen LogP contribution in [-0.2, 0) is 9.59 Å². The van der Waals surface area contributed by atoms with Crippen LogP contribution in [0.5, 0.6) is 5.75 Å². The van der Waals surface area contributed by atoms with Crippen LogP contribution in [0.15, 0.2) is 60.7 Å². The Balaban J connectivity index is 1.87. The molecule has 2 aromatic carbocycles. The zero-order chi connectivity index (χ0) is 18.8. The molecule has 0 bridgehead atoms. The van der Waals surface area contributed by atoms with E-state index in [1.54, 1.807) is 37.4 Å². The second-order valence-corrected chi connectivity index (χ2v) is 5.60. The van der Waals surface area contributed by atoms with Crippen LogP contribution in [0, 0.1) is 17.2 Å². The number of Topliss-reactive ketones (excluding diaryl/α,β-unsaturated/α-hetero) is 1. The molecule has 0 heterocycles. The summed E-state index contributed by atoms with van der Waals surface area (Å²) in [6.45, 7) is 0. The van der Waals surface area contributed by atoms with E-state index in [0.29, 0.717) is 17.9 Å². The van der Waals surface area contributed by atoms with Gasteiger partial charge in [0.25, 0.3) is 0 Å². The Labute approximate surface area is 152 Å². The number of anilines is 1. The molecule has 0 aliphatic heterocycles. The number of hydrogen-bond acceptors (Lipinski definition) is 4. The molecular formula is C21H20N2O3. The molecule has 26 heavy (non-hydrogen) atoms. The summed E-state index contributed by atoms with van der Waals surface area (Å²) in [6, 6.07) is 18.2. The lowest BCUT2D eigenvalue weighted by Crippen LogP contribution is -2.28. The van der Waals surface area contributed by atoms with E-state index in [1.807, 2.05) is 42.5 Å². The van der Waals surface area contributed by atoms with E-state index in [2.05, 4.69) is 5.32 Å². The van der Waals surface area contributed by atoms with E-state index in [0.717, 1.165) is 5.56 Å². The minimum atomic E-state index is -1.32. The number of carbonyl (C=O) groups is 2. The van der Waals surface area contributed by atoms with Crippen LogP contribution in [0.3, 0.4) is 0 Å². The molecule has 1 N–H and O–H groups in total. The molecule has 0 aromatic heterocycles. The van der Waals surface area contributed by atoms with Crippen LogP contribution in [0.1, 0.15) is 18.4 Å². The summed E-state index contributed by atoms with van der Waals surface area (Å²) >= 11 is 0. The third kappa shape index (κ3) is 5.60. The fourth-order valence-electron chi connectivity index (χ4n) is 2.32. The summed E-state index contributed by atoms with van der Waals surface area (Å²) < 4.78 is 5.04. The summed E-state index contributed by atoms with van der Waals surface area (Å²) in [5.41, 5.74) is 1.54. The Morgan fingerprint density at radius 3 is 2.46 bits per heavy atom. The SMILES string of the molecule is COc1ccc(NC(=O)[C@@H](C#N)C(=O)CC/C=C/c2ccccc2)cc1. The number of rotatable bonds is 8. The number of amides is 1. The van der Waals surface area contributed by atoms with Crippen LogP contribution in [0.2, 0.25) is 0 Å². The van der Waals surface area contributed by atoms with Crippen LogP contribution >= 0.6 is 0 Å². The molecule has 2 aromatic rings. The van der Waals surface area contributed by atoms with E-state index in [4.69, 9.17) is 4.74 Å². The third-order valence-electron chi connectivity index (χ3n) is 3.74. The van der Waals surface area contributed by atoms with Crippen LogP contribution in [0.4, 0.5) is 5.69 Å². The maximum Gasteiger partial charge on any atom is 0.249 e. The summed E-state index contributed by atoms with van der Waals surface area (Å²) in [7, 11) is 1.55. The Morgan fingerprint density at radius 2 is 1.85 bits per heavy atom. The topological polar surface area (TPSA) is 79.2 Å². The van der Waals surface area contributed by atoms with Gasteiger partial charge in [-0.3, -0.25) is 9.59 Å². The zero-order valence-corrected chi connectivity index (χ0v) is 14.5. The van der Waals surface area contributed by atoms with Crippen LogP contribution in [-0.4, -0.2) is 18.8 Å². The van der Waals surface area contributed by atoms with Gasteiger partial charge in [-0.25, -0.2) is 0 Å². The molecule has 0 radical (unpaired) electrons. The van der Waals surface area contributed by atoms with Gasteiger partial charge in [-0.2, -0.15) is 5.26 Å². The van der Waals surface area contributed by atoms with E-state index >= 15 is 0 Å². The summed E-state index contributed by atoms with van der Waals surface area (Å²) in [6.07, 6.45) is 4.38. The molecular weight excluding hydrogens is 328 g/mol. The molecule has 132 valence electrons. The number of ether oxygens (including phenoxy) is 1. The van der Waals surface area contributed by atoms with Gasteiger partial charge >= 0.3 is 0 Å². The zero-order valence-electron chi connectivity index (χ0n) is 14.5. The Morgan fingerprint density at radius 1 is 1.15 bits per heavy atom. The number of nitrogens with zero attached hydrogens (tertiary/aromatic N) is 1. The maximum atomic E-state index is 12.2. The van der Waals surface area contributed by atoms with Gasteiger partial charge in [0, 0.05) is 12.1 Å². The first kappa shape index (κ1) is 18.9. The number of benzene rings is 2. The molecule has 0 saturated heterocycles. The monoisotopic (exact) mass is 348 g/mol. The maximum absolute atomic E-state index is 12.2. The van der Waals surface area contributed by atoms with Gasteiger partial charge in [0.15, 0.2) is 11.7 Å². The Hall–Kier alpha value is -3.39. The van der Waals surface area contributed by atoms with Crippen molar-refractivity contribution in [3.63, 3.8) is 0 Å². The van der Waals surface area contributed by atoms with Crippen molar-refractivity contribution in [1.82, 2.24) is 0 Å². The minimum Gasteiger partial charge on any atom is -0.497 e. The fraction of sp³-hybridized carbons (Fsp3) is 0.190. The molecule has 2 rings (SSSR count). The number of nitriles is 1. The molecule has 0 aliphatic carbocycles. The summed E-state index contributed by atoms with van der Waals surface area (Å²) in [5.74, 6) is -1.67. The van der Waals surface area contributed by atoms with E-state index in [9.17, 15) is 14.9 Å². The van der Waals surface area contributed by atoms with Crippen molar-refractivity contribution in [2.24, 2.45) is 5.92 Å². The third-order valence-corrected chi connectivity index (χ3v) is 3.74. The van der Waals surface area contributed by atoms with Crippen molar-refractivity contribution in [1.29, 1.82) is 5.26 Å². The van der Waals surface area contributed by atoms with Gasteiger partial charge in [-0.05, 0) is 36.2 Å². The fourth-order valence-corrected chi connectivity index (χ4v) is 2.32. The van der Waals surface area contributed by atoms with Gasteiger partial charge in [0.1, 0.15) is 5.75 Å². The first-order chi connectivity index (χ1) is 12.6. The highest BCUT2D eigenvalue weighted by atomic mass is 16.5. The molecule has 1 amide bonds. The number of allylic oxidation sites excluding steroid dienone is 1. The van der Waals surface area contributed by atoms with E-state index in [-0.39, 0.29) is 6.42 Å². The molecule has 1 atom stereocenters. The normalized spacial score (nSPS) is 11.5. The van der Waals surface area contributed by atoms with Crippen molar-refractivity contribution >= 4 is 23.5 Å². The highest BCUT2D eigenvalue weighted by Gasteiger charge is 2.25. The van der Waals surface area contributed by atoms with E-state index in [1.165, 1.54) is 0 Å². The Kier molecular flexibility index (Phi) is 7.14. The minimum absolute atomic E-state index is 0.137. The second kappa shape index (κ2) is 9.80. The molecule has 0 unspecified atom stereocenters. The highest BCUT2D eigenvalue weighted by Crippen LogP contribution is 2.16. The second-order valence-electron chi connectivity index (χ2n) is 5.60. The van der Waals surface area contributed by atoms with Crippen LogP contribution < -0.4 is 10.1 Å².